The van der Waals surface area contributed by atoms with Crippen LogP contribution in [0, 0.1) is 12.8 Å². The van der Waals surface area contributed by atoms with Crippen molar-refractivity contribution in [2.24, 2.45) is 5.92 Å². The van der Waals surface area contributed by atoms with Crippen LogP contribution in [0.2, 0.25) is 0 Å². The average molecular weight is 280 g/mol. The fourth-order valence-corrected chi connectivity index (χ4v) is 2.31. The molecule has 0 fully saturated rings. The van der Waals surface area contributed by atoms with Gasteiger partial charge in [-0.05, 0) is 25.0 Å². The van der Waals surface area contributed by atoms with Crippen molar-refractivity contribution < 1.29 is 14.0 Å². The van der Waals surface area contributed by atoms with Gasteiger partial charge in [0.1, 0.15) is 5.69 Å². The van der Waals surface area contributed by atoms with Crippen molar-refractivity contribution in [2.45, 2.75) is 20.8 Å². The van der Waals surface area contributed by atoms with Gasteiger partial charge in [-0.2, -0.15) is 0 Å². The number of furan rings is 1. The van der Waals surface area contributed by atoms with Gasteiger partial charge in [0.2, 0.25) is 0 Å². The predicted octanol–water partition coefficient (Wildman–Crippen LogP) is 3.03. The Balaban J connectivity index is 2.06. The molecule has 2 aromatic rings. The molecule has 0 spiro atoms. The molecule has 2 heterocycles. The maximum Gasteiger partial charge on any atom is 0.294 e. The molecule has 0 radical (unpaired) electrons. The van der Waals surface area contributed by atoms with Crippen molar-refractivity contribution >= 4 is 17.2 Å². The zero-order valence-corrected chi connectivity index (χ0v) is 11.9. The fourth-order valence-electron chi connectivity index (χ4n) is 1.43. The van der Waals surface area contributed by atoms with Gasteiger partial charge in [-0.3, -0.25) is 9.63 Å². The van der Waals surface area contributed by atoms with Crippen LogP contribution in [-0.2, 0) is 4.84 Å². The second-order valence-corrected chi connectivity index (χ2v) is 5.74. The fraction of sp³-hybridized carbons (Fsp3) is 0.385. The summed E-state index contributed by atoms with van der Waals surface area (Å²) in [6.45, 7) is 6.34. The van der Waals surface area contributed by atoms with Crippen LogP contribution >= 0.6 is 11.3 Å². The Morgan fingerprint density at radius 2 is 2.37 bits per heavy atom. The van der Waals surface area contributed by atoms with Crippen molar-refractivity contribution in [2.75, 3.05) is 6.61 Å². The standard InChI is InChI=1S/C13H16N2O3S/c1-8(2)7-18-15-12(16)11-9(3)19-13(14-11)10-5-4-6-17-10/h4-6,8H,7H2,1-3H3,(H,15,16). The molecule has 2 rings (SSSR count). The van der Waals surface area contributed by atoms with E-state index in [1.165, 1.54) is 11.3 Å². The lowest BCUT2D eigenvalue weighted by molar-refractivity contribution is 0.0205. The highest BCUT2D eigenvalue weighted by atomic mass is 32.1. The van der Waals surface area contributed by atoms with Gasteiger partial charge in [-0.1, -0.05) is 13.8 Å². The summed E-state index contributed by atoms with van der Waals surface area (Å²) >= 11 is 1.42. The lowest BCUT2D eigenvalue weighted by atomic mass is 10.2. The lowest BCUT2D eigenvalue weighted by Gasteiger charge is -2.06. The molecular weight excluding hydrogens is 264 g/mol. The van der Waals surface area contributed by atoms with Gasteiger partial charge < -0.3 is 4.42 Å². The average Bonchev–Trinajstić information content (AvgIpc) is 2.96. The molecular formula is C13H16N2O3S. The molecule has 102 valence electrons. The van der Waals surface area contributed by atoms with E-state index in [4.69, 9.17) is 9.25 Å². The van der Waals surface area contributed by atoms with Crippen LogP contribution in [0.15, 0.2) is 22.8 Å². The summed E-state index contributed by atoms with van der Waals surface area (Å²) in [6, 6.07) is 3.60. The van der Waals surface area contributed by atoms with E-state index < -0.39 is 0 Å². The van der Waals surface area contributed by atoms with Crippen LogP contribution in [0.25, 0.3) is 10.8 Å². The summed E-state index contributed by atoms with van der Waals surface area (Å²) < 4.78 is 5.27. The van der Waals surface area contributed by atoms with Gasteiger partial charge in [0.15, 0.2) is 10.8 Å². The molecule has 0 bridgehead atoms. The van der Waals surface area contributed by atoms with Crippen molar-refractivity contribution in [3.8, 4) is 10.8 Å². The Bertz CT molecular complexity index is 546. The van der Waals surface area contributed by atoms with Gasteiger partial charge in [0, 0.05) is 4.88 Å². The van der Waals surface area contributed by atoms with E-state index >= 15 is 0 Å². The third kappa shape index (κ3) is 3.42. The monoisotopic (exact) mass is 280 g/mol. The van der Waals surface area contributed by atoms with Crippen molar-refractivity contribution in [3.05, 3.63) is 29.0 Å². The Labute approximate surface area is 115 Å². The number of carbonyl (C=O) groups is 1. The number of hydrogen-bond acceptors (Lipinski definition) is 5. The summed E-state index contributed by atoms with van der Waals surface area (Å²) in [7, 11) is 0. The maximum absolute atomic E-state index is 11.9. The number of hydrogen-bond donors (Lipinski definition) is 1. The number of hydroxylamine groups is 1. The molecule has 0 unspecified atom stereocenters. The Morgan fingerprint density at radius 1 is 1.58 bits per heavy atom. The highest BCUT2D eigenvalue weighted by Crippen LogP contribution is 2.27. The summed E-state index contributed by atoms with van der Waals surface area (Å²) in [5.41, 5.74) is 2.78. The SMILES string of the molecule is Cc1sc(-c2ccco2)nc1C(=O)NOCC(C)C. The van der Waals surface area contributed by atoms with Gasteiger partial charge in [0.05, 0.1) is 12.9 Å². The minimum absolute atomic E-state index is 0.327. The first kappa shape index (κ1) is 13.8. The first-order chi connectivity index (χ1) is 9.08. The van der Waals surface area contributed by atoms with Crippen LogP contribution in [-0.4, -0.2) is 17.5 Å². The summed E-state index contributed by atoms with van der Waals surface area (Å²) in [5, 5.41) is 0.691. The molecule has 6 heteroatoms. The highest BCUT2D eigenvalue weighted by Gasteiger charge is 2.17. The van der Waals surface area contributed by atoms with Crippen molar-refractivity contribution in [1.29, 1.82) is 0 Å². The van der Waals surface area contributed by atoms with Gasteiger partial charge in [0.25, 0.3) is 5.91 Å². The van der Waals surface area contributed by atoms with E-state index in [9.17, 15) is 4.79 Å². The number of aryl methyl sites for hydroxylation is 1. The normalized spacial score (nSPS) is 10.9. The van der Waals surface area contributed by atoms with E-state index in [2.05, 4.69) is 10.5 Å². The van der Waals surface area contributed by atoms with Crippen molar-refractivity contribution in [1.82, 2.24) is 10.5 Å². The van der Waals surface area contributed by atoms with Crippen molar-refractivity contribution in [3.63, 3.8) is 0 Å². The van der Waals surface area contributed by atoms with Gasteiger partial charge in [-0.25, -0.2) is 10.5 Å². The zero-order valence-electron chi connectivity index (χ0n) is 11.1. The number of thiazole rings is 1. The molecule has 2 aromatic heterocycles. The lowest BCUT2D eigenvalue weighted by Crippen LogP contribution is -2.26. The molecule has 1 amide bonds. The quantitative estimate of drug-likeness (QED) is 0.855. The van der Waals surface area contributed by atoms with Crippen LogP contribution in [0.4, 0.5) is 0 Å². The van der Waals surface area contributed by atoms with Crippen LogP contribution < -0.4 is 5.48 Å². The first-order valence-corrected chi connectivity index (χ1v) is 6.83. The molecule has 0 aliphatic carbocycles. The predicted molar refractivity (Wildman–Crippen MR) is 72.8 cm³/mol. The second kappa shape index (κ2) is 5.99. The molecule has 0 aliphatic rings. The van der Waals surface area contributed by atoms with E-state index in [1.807, 2.05) is 26.8 Å². The molecule has 0 aliphatic heterocycles. The van der Waals surface area contributed by atoms with Gasteiger partial charge >= 0.3 is 0 Å². The minimum atomic E-state index is -0.327. The summed E-state index contributed by atoms with van der Waals surface area (Å²) in [5.74, 6) is 0.693. The third-order valence-corrected chi connectivity index (χ3v) is 3.31. The Hall–Kier alpha value is -1.66. The van der Waals surface area contributed by atoms with Crippen LogP contribution in [0.3, 0.4) is 0 Å². The molecule has 19 heavy (non-hydrogen) atoms. The Kier molecular flexibility index (Phi) is 4.34. The number of amides is 1. The third-order valence-electron chi connectivity index (χ3n) is 2.33. The van der Waals surface area contributed by atoms with E-state index in [-0.39, 0.29) is 5.91 Å². The smallest absolute Gasteiger partial charge is 0.294 e. The van der Waals surface area contributed by atoms with Gasteiger partial charge in [-0.15, -0.1) is 11.3 Å². The number of aromatic nitrogens is 1. The second-order valence-electron chi connectivity index (χ2n) is 4.54. The maximum atomic E-state index is 11.9. The molecule has 0 saturated carbocycles. The van der Waals surface area contributed by atoms with Crippen LogP contribution in [0.1, 0.15) is 29.2 Å². The summed E-state index contributed by atoms with van der Waals surface area (Å²) in [6.07, 6.45) is 1.58. The largest absolute Gasteiger partial charge is 0.462 e. The molecule has 1 N–H and O–H groups in total. The highest BCUT2D eigenvalue weighted by molar-refractivity contribution is 7.15. The summed E-state index contributed by atoms with van der Waals surface area (Å²) in [4.78, 5) is 22.1. The first-order valence-electron chi connectivity index (χ1n) is 6.01. The molecule has 0 aromatic carbocycles. The molecule has 0 atom stereocenters. The van der Waals surface area contributed by atoms with E-state index in [1.54, 1.807) is 12.3 Å². The van der Waals surface area contributed by atoms with E-state index in [0.717, 1.165) is 4.88 Å². The Morgan fingerprint density at radius 3 is 3.00 bits per heavy atom. The molecule has 0 saturated heterocycles. The minimum Gasteiger partial charge on any atom is -0.462 e. The zero-order chi connectivity index (χ0) is 13.8. The topological polar surface area (TPSA) is 64.4 Å². The number of nitrogens with one attached hydrogen (secondary N) is 1. The number of rotatable bonds is 5. The van der Waals surface area contributed by atoms with E-state index in [0.29, 0.717) is 29.0 Å². The molecule has 5 nitrogen and oxygen atoms in total. The number of carbonyl (C=O) groups excluding carboxylic acids is 1. The number of nitrogens with zero attached hydrogens (tertiary/aromatic N) is 1. The van der Waals surface area contributed by atoms with Crippen LogP contribution in [0.5, 0.6) is 0 Å².